The van der Waals surface area contributed by atoms with E-state index in [1.165, 1.54) is 0 Å². The van der Waals surface area contributed by atoms with Crippen LogP contribution in [-0.4, -0.2) is 57.0 Å². The third-order valence-electron chi connectivity index (χ3n) is 3.31. The Morgan fingerprint density at radius 1 is 1.47 bits per heavy atom. The number of hydrogen-bond acceptors (Lipinski definition) is 3. The maximum absolute atomic E-state index is 11.9. The van der Waals surface area contributed by atoms with E-state index in [0.29, 0.717) is 18.8 Å². The van der Waals surface area contributed by atoms with Gasteiger partial charge in [-0.05, 0) is 39.5 Å². The number of carbonyl (C=O) groups is 1. The maximum atomic E-state index is 11.9. The molecule has 0 aromatic rings. The molecule has 5 nitrogen and oxygen atoms in total. The van der Waals surface area contributed by atoms with Gasteiger partial charge in [-0.1, -0.05) is 0 Å². The van der Waals surface area contributed by atoms with Gasteiger partial charge in [0.05, 0.1) is 0 Å². The Kier molecular flexibility index (Phi) is 6.26. The zero-order chi connectivity index (χ0) is 14.5. The summed E-state index contributed by atoms with van der Waals surface area (Å²) in [5, 5.41) is 11.9. The van der Waals surface area contributed by atoms with Gasteiger partial charge in [0.2, 0.25) is 0 Å². The van der Waals surface area contributed by atoms with E-state index in [-0.39, 0.29) is 23.3 Å². The first-order chi connectivity index (χ1) is 8.84. The van der Waals surface area contributed by atoms with Crippen LogP contribution in [0.15, 0.2) is 0 Å². The minimum atomic E-state index is -0.941. The molecule has 1 fully saturated rings. The molecule has 0 spiro atoms. The Bertz CT molecular complexity index is 328. The highest BCUT2D eigenvalue weighted by molar-refractivity contribution is 7.86. The van der Waals surface area contributed by atoms with Crippen molar-refractivity contribution in [1.82, 2.24) is 10.2 Å². The van der Waals surface area contributed by atoms with Crippen molar-refractivity contribution in [3.63, 3.8) is 0 Å². The second kappa shape index (κ2) is 7.24. The molecule has 19 heavy (non-hydrogen) atoms. The fraction of sp³-hybridized carbons (Fsp3) is 0.923. The zero-order valence-electron chi connectivity index (χ0n) is 12.1. The summed E-state index contributed by atoms with van der Waals surface area (Å²) in [4.78, 5) is 13.7. The topological polar surface area (TPSA) is 69.6 Å². The van der Waals surface area contributed by atoms with Gasteiger partial charge in [0.15, 0.2) is 0 Å². The highest BCUT2D eigenvalue weighted by Gasteiger charge is 2.23. The Balaban J connectivity index is 2.29. The molecule has 0 saturated carbocycles. The zero-order valence-corrected chi connectivity index (χ0v) is 13.0. The molecule has 1 heterocycles. The molecular formula is C13H26N2O3S. The molecule has 2 N–H and O–H groups in total. The summed E-state index contributed by atoms with van der Waals surface area (Å²) in [5.74, 6) is 0.676. The average molecular weight is 290 g/mol. The number of aliphatic hydroxyl groups is 1. The summed E-state index contributed by atoms with van der Waals surface area (Å²) < 4.78 is 11.6. The number of piperidine rings is 1. The lowest BCUT2D eigenvalue weighted by molar-refractivity contribution is 0.130. The number of nitrogens with zero attached hydrogens (tertiary/aromatic N) is 1. The molecule has 0 aliphatic carbocycles. The maximum Gasteiger partial charge on any atom is 0.317 e. The highest BCUT2D eigenvalue weighted by atomic mass is 32.2. The molecular weight excluding hydrogens is 264 g/mol. The van der Waals surface area contributed by atoms with Crippen molar-refractivity contribution in [2.24, 2.45) is 5.92 Å². The van der Waals surface area contributed by atoms with E-state index in [4.69, 9.17) is 5.11 Å². The summed E-state index contributed by atoms with van der Waals surface area (Å²) >= 11 is 0. The van der Waals surface area contributed by atoms with E-state index < -0.39 is 10.8 Å². The lowest BCUT2D eigenvalue weighted by Crippen LogP contribution is -2.47. The van der Waals surface area contributed by atoms with Gasteiger partial charge in [-0.15, -0.1) is 0 Å². The standard InChI is InChI=1S/C13H26N2O3S/c1-13(2,3)19(18)8-6-14-12(17)15-7-4-5-11(9-15)10-16/h11,16H,4-10H2,1-3H3,(H,14,17). The second-order valence-corrected chi connectivity index (χ2v) is 8.35. The molecule has 2 amide bonds. The van der Waals surface area contributed by atoms with Crippen LogP contribution in [0.3, 0.4) is 0 Å². The number of aliphatic hydroxyl groups excluding tert-OH is 1. The number of amides is 2. The smallest absolute Gasteiger partial charge is 0.317 e. The molecule has 0 bridgehead atoms. The van der Waals surface area contributed by atoms with Crippen molar-refractivity contribution in [3.05, 3.63) is 0 Å². The lowest BCUT2D eigenvalue weighted by atomic mass is 9.99. The summed E-state index contributed by atoms with van der Waals surface area (Å²) in [6.07, 6.45) is 1.92. The van der Waals surface area contributed by atoms with Gasteiger partial charge >= 0.3 is 6.03 Å². The van der Waals surface area contributed by atoms with E-state index in [9.17, 15) is 9.00 Å². The van der Waals surface area contributed by atoms with Crippen LogP contribution in [-0.2, 0) is 10.8 Å². The number of likely N-dealkylation sites (tertiary alicyclic amines) is 1. The van der Waals surface area contributed by atoms with E-state index in [2.05, 4.69) is 5.32 Å². The molecule has 0 aromatic carbocycles. The predicted octanol–water partition coefficient (Wildman–Crippen LogP) is 0.947. The summed E-state index contributed by atoms with van der Waals surface area (Å²) in [5.41, 5.74) is 0. The molecule has 0 aromatic heterocycles. The van der Waals surface area contributed by atoms with Crippen LogP contribution in [0.1, 0.15) is 33.6 Å². The monoisotopic (exact) mass is 290 g/mol. The second-order valence-electron chi connectivity index (χ2n) is 6.03. The molecule has 2 atom stereocenters. The Morgan fingerprint density at radius 2 is 2.16 bits per heavy atom. The van der Waals surface area contributed by atoms with Gasteiger partial charge in [-0.3, -0.25) is 4.21 Å². The normalized spacial score (nSPS) is 22.1. The number of carbonyl (C=O) groups excluding carboxylic acids is 1. The van der Waals surface area contributed by atoms with Crippen molar-refractivity contribution in [1.29, 1.82) is 0 Å². The van der Waals surface area contributed by atoms with Crippen LogP contribution in [0.4, 0.5) is 4.79 Å². The SMILES string of the molecule is CC(C)(C)S(=O)CCNC(=O)N1CCCC(CO)C1. The number of hydrogen-bond donors (Lipinski definition) is 2. The van der Waals surface area contributed by atoms with Crippen molar-refractivity contribution in [2.75, 3.05) is 32.0 Å². The Labute approximate surface area is 118 Å². The van der Waals surface area contributed by atoms with Crippen LogP contribution in [0.2, 0.25) is 0 Å². The van der Waals surface area contributed by atoms with Crippen molar-refractivity contribution in [2.45, 2.75) is 38.4 Å². The Morgan fingerprint density at radius 3 is 2.74 bits per heavy atom. The molecule has 1 rings (SSSR count). The number of rotatable bonds is 4. The third-order valence-corrected chi connectivity index (χ3v) is 5.25. The first kappa shape index (κ1) is 16.4. The Hall–Kier alpha value is -0.620. The van der Waals surface area contributed by atoms with Gasteiger partial charge < -0.3 is 15.3 Å². The van der Waals surface area contributed by atoms with E-state index >= 15 is 0 Å². The van der Waals surface area contributed by atoms with E-state index in [0.717, 1.165) is 19.4 Å². The van der Waals surface area contributed by atoms with Crippen LogP contribution >= 0.6 is 0 Å². The third kappa shape index (κ3) is 5.48. The van der Waals surface area contributed by atoms with Crippen molar-refractivity contribution in [3.8, 4) is 0 Å². The summed E-state index contributed by atoms with van der Waals surface area (Å²) in [7, 11) is -0.941. The van der Waals surface area contributed by atoms with Crippen LogP contribution in [0.25, 0.3) is 0 Å². The average Bonchev–Trinajstić information content (AvgIpc) is 2.37. The lowest BCUT2D eigenvalue weighted by Gasteiger charge is -2.31. The molecule has 2 unspecified atom stereocenters. The predicted molar refractivity (Wildman–Crippen MR) is 77.5 cm³/mol. The minimum Gasteiger partial charge on any atom is -0.396 e. The number of nitrogens with one attached hydrogen (secondary N) is 1. The van der Waals surface area contributed by atoms with E-state index in [1.807, 2.05) is 20.8 Å². The fourth-order valence-electron chi connectivity index (χ4n) is 2.07. The first-order valence-electron chi connectivity index (χ1n) is 6.86. The van der Waals surface area contributed by atoms with Gasteiger partial charge in [0.25, 0.3) is 0 Å². The van der Waals surface area contributed by atoms with Gasteiger partial charge in [-0.2, -0.15) is 0 Å². The van der Waals surface area contributed by atoms with Gasteiger partial charge in [0.1, 0.15) is 0 Å². The van der Waals surface area contributed by atoms with Crippen LogP contribution in [0, 0.1) is 5.92 Å². The van der Waals surface area contributed by atoms with Crippen molar-refractivity contribution >= 4 is 16.8 Å². The number of urea groups is 1. The van der Waals surface area contributed by atoms with Crippen LogP contribution < -0.4 is 5.32 Å². The quantitative estimate of drug-likeness (QED) is 0.810. The molecule has 1 saturated heterocycles. The summed E-state index contributed by atoms with van der Waals surface area (Å²) in [6.45, 7) is 7.72. The molecule has 1 aliphatic rings. The fourth-order valence-corrected chi connectivity index (χ4v) is 2.97. The molecule has 112 valence electrons. The molecule has 0 radical (unpaired) electrons. The van der Waals surface area contributed by atoms with E-state index in [1.54, 1.807) is 4.90 Å². The largest absolute Gasteiger partial charge is 0.396 e. The highest BCUT2D eigenvalue weighted by Crippen LogP contribution is 2.15. The first-order valence-corrected chi connectivity index (χ1v) is 8.18. The van der Waals surface area contributed by atoms with Gasteiger partial charge in [-0.25, -0.2) is 4.79 Å². The van der Waals surface area contributed by atoms with Crippen LogP contribution in [0.5, 0.6) is 0 Å². The van der Waals surface area contributed by atoms with Crippen molar-refractivity contribution < 1.29 is 14.1 Å². The molecule has 6 heteroatoms. The molecule has 1 aliphatic heterocycles. The van der Waals surface area contributed by atoms with Gasteiger partial charge in [0, 0.05) is 47.5 Å². The summed E-state index contributed by atoms with van der Waals surface area (Å²) in [6, 6.07) is -0.107. The minimum absolute atomic E-state index is 0.107.